The van der Waals surface area contributed by atoms with Crippen LogP contribution in [-0.4, -0.2) is 37.2 Å². The van der Waals surface area contributed by atoms with Crippen LogP contribution in [0.2, 0.25) is 0 Å². The van der Waals surface area contributed by atoms with Gasteiger partial charge in [0, 0.05) is 19.3 Å². The zero-order chi connectivity index (χ0) is 43.7. The summed E-state index contributed by atoms with van der Waals surface area (Å²) in [6.07, 6.45) is 58.0. The van der Waals surface area contributed by atoms with E-state index in [0.29, 0.717) is 19.3 Å². The number of carbonyl (C=O) groups is 3. The van der Waals surface area contributed by atoms with E-state index in [1.54, 1.807) is 0 Å². The molecule has 6 heteroatoms. The van der Waals surface area contributed by atoms with Gasteiger partial charge in [-0.2, -0.15) is 0 Å². The van der Waals surface area contributed by atoms with E-state index in [-0.39, 0.29) is 31.1 Å². The molecule has 0 rings (SSSR count). The van der Waals surface area contributed by atoms with Crippen LogP contribution >= 0.6 is 0 Å². The van der Waals surface area contributed by atoms with Gasteiger partial charge in [0.05, 0.1) is 0 Å². The van der Waals surface area contributed by atoms with Crippen molar-refractivity contribution >= 4 is 17.9 Å². The maximum absolute atomic E-state index is 12.8. The summed E-state index contributed by atoms with van der Waals surface area (Å²) in [5.41, 5.74) is 0. The van der Waals surface area contributed by atoms with Crippen molar-refractivity contribution in [3.8, 4) is 0 Å². The van der Waals surface area contributed by atoms with E-state index in [1.165, 1.54) is 122 Å². The highest BCUT2D eigenvalue weighted by Crippen LogP contribution is 2.14. The Morgan fingerprint density at radius 3 is 1.02 bits per heavy atom. The van der Waals surface area contributed by atoms with Crippen molar-refractivity contribution in [1.29, 1.82) is 0 Å². The SMILES string of the molecule is CCCC/C=C\C/C=C\CCCCCCCC(=O)O[C@H](COC(=O)CCCCCCC/C=C\CCCCC)COC(=O)CCCCCCC/C=C\CCCCCCCCC. The molecule has 0 aliphatic heterocycles. The highest BCUT2D eigenvalue weighted by atomic mass is 16.6. The molecule has 0 fully saturated rings. The molecule has 0 amide bonds. The van der Waals surface area contributed by atoms with Gasteiger partial charge < -0.3 is 14.2 Å². The van der Waals surface area contributed by atoms with Crippen LogP contribution in [0.15, 0.2) is 48.6 Å². The normalized spacial score (nSPS) is 12.4. The van der Waals surface area contributed by atoms with Gasteiger partial charge in [-0.3, -0.25) is 14.4 Å². The fraction of sp³-hybridized carbons (Fsp3) is 0.796. The Labute approximate surface area is 371 Å². The monoisotopic (exact) mass is 841 g/mol. The van der Waals surface area contributed by atoms with Gasteiger partial charge in [-0.15, -0.1) is 0 Å². The van der Waals surface area contributed by atoms with Crippen molar-refractivity contribution in [3.05, 3.63) is 48.6 Å². The third-order valence-electron chi connectivity index (χ3n) is 11.0. The van der Waals surface area contributed by atoms with Gasteiger partial charge >= 0.3 is 17.9 Å². The molecule has 0 aromatic heterocycles. The van der Waals surface area contributed by atoms with Crippen molar-refractivity contribution < 1.29 is 28.6 Å². The first-order valence-electron chi connectivity index (χ1n) is 25.6. The Morgan fingerprint density at radius 1 is 0.333 bits per heavy atom. The summed E-state index contributed by atoms with van der Waals surface area (Å²) in [5.74, 6) is -0.911. The number of allylic oxidation sites excluding steroid dienone is 8. The first-order valence-corrected chi connectivity index (χ1v) is 25.6. The number of hydrogen-bond donors (Lipinski definition) is 0. The minimum atomic E-state index is -0.785. The first-order chi connectivity index (χ1) is 29.5. The molecule has 0 heterocycles. The zero-order valence-corrected chi connectivity index (χ0v) is 39.7. The van der Waals surface area contributed by atoms with Crippen LogP contribution in [0.3, 0.4) is 0 Å². The molecule has 60 heavy (non-hydrogen) atoms. The van der Waals surface area contributed by atoms with E-state index < -0.39 is 6.10 Å². The molecule has 0 aliphatic carbocycles. The molecule has 0 spiro atoms. The molecule has 0 bridgehead atoms. The van der Waals surface area contributed by atoms with Gasteiger partial charge in [0.25, 0.3) is 0 Å². The Kier molecular flexibility index (Phi) is 46.9. The highest BCUT2D eigenvalue weighted by Gasteiger charge is 2.19. The minimum absolute atomic E-state index is 0.0852. The molecule has 0 N–H and O–H groups in total. The van der Waals surface area contributed by atoms with Crippen molar-refractivity contribution in [2.24, 2.45) is 0 Å². The van der Waals surface area contributed by atoms with Crippen molar-refractivity contribution in [2.45, 2.75) is 264 Å². The summed E-state index contributed by atoms with van der Waals surface area (Å²) >= 11 is 0. The van der Waals surface area contributed by atoms with Crippen LogP contribution in [0.1, 0.15) is 258 Å². The van der Waals surface area contributed by atoms with Crippen LogP contribution in [0.25, 0.3) is 0 Å². The molecule has 0 aliphatic rings. The number of ether oxygens (including phenoxy) is 3. The second kappa shape index (κ2) is 49.0. The van der Waals surface area contributed by atoms with Crippen molar-refractivity contribution in [3.63, 3.8) is 0 Å². The quantitative estimate of drug-likeness (QED) is 0.0263. The molecular weight excluding hydrogens is 745 g/mol. The summed E-state index contributed by atoms with van der Waals surface area (Å²) in [6, 6.07) is 0. The van der Waals surface area contributed by atoms with E-state index in [1.807, 2.05) is 0 Å². The molecule has 0 saturated heterocycles. The molecule has 348 valence electrons. The molecule has 6 nitrogen and oxygen atoms in total. The summed E-state index contributed by atoms with van der Waals surface area (Å²) in [5, 5.41) is 0. The molecule has 0 aromatic carbocycles. The average molecular weight is 841 g/mol. The lowest BCUT2D eigenvalue weighted by Crippen LogP contribution is -2.30. The molecule has 0 aromatic rings. The summed E-state index contributed by atoms with van der Waals surface area (Å²) in [7, 11) is 0. The number of hydrogen-bond acceptors (Lipinski definition) is 6. The average Bonchev–Trinajstić information content (AvgIpc) is 3.24. The molecule has 0 radical (unpaired) electrons. The van der Waals surface area contributed by atoms with Crippen molar-refractivity contribution in [1.82, 2.24) is 0 Å². The smallest absolute Gasteiger partial charge is 0.306 e. The Balaban J connectivity index is 4.40. The van der Waals surface area contributed by atoms with Crippen LogP contribution in [0.4, 0.5) is 0 Å². The zero-order valence-electron chi connectivity index (χ0n) is 39.7. The number of unbranched alkanes of at least 4 members (excludes halogenated alkanes) is 27. The standard InChI is InChI=1S/C54H96O6/c1-4-7-10-13-16-19-22-25-27-28-30-32-35-38-41-44-47-53(56)59-50-51(49-58-52(55)46-43-40-37-34-31-24-21-18-15-12-9-6-3)60-54(57)48-45-42-39-36-33-29-26-23-20-17-14-11-8-5-2/h14,17-18,21,23,26-28,51H,4-13,15-16,19-20,22,24-25,29-50H2,1-3H3/b17-14-,21-18-,26-23-,28-27-/t51-/m1/s1. The molecule has 1 atom stereocenters. The van der Waals surface area contributed by atoms with E-state index in [0.717, 1.165) is 96.3 Å². The van der Waals surface area contributed by atoms with Gasteiger partial charge in [-0.1, -0.05) is 191 Å². The van der Waals surface area contributed by atoms with Crippen LogP contribution in [0.5, 0.6) is 0 Å². The first kappa shape index (κ1) is 57.4. The van der Waals surface area contributed by atoms with Crippen LogP contribution < -0.4 is 0 Å². The highest BCUT2D eigenvalue weighted by molar-refractivity contribution is 5.71. The van der Waals surface area contributed by atoms with Gasteiger partial charge in [0.2, 0.25) is 0 Å². The predicted molar refractivity (Wildman–Crippen MR) is 256 cm³/mol. The topological polar surface area (TPSA) is 78.9 Å². The lowest BCUT2D eigenvalue weighted by molar-refractivity contribution is -0.167. The number of carbonyl (C=O) groups excluding carboxylic acids is 3. The van der Waals surface area contributed by atoms with Gasteiger partial charge in [-0.25, -0.2) is 0 Å². The second-order valence-electron chi connectivity index (χ2n) is 17.1. The minimum Gasteiger partial charge on any atom is -0.462 e. The van der Waals surface area contributed by atoms with Crippen LogP contribution in [0, 0.1) is 0 Å². The van der Waals surface area contributed by atoms with Gasteiger partial charge in [0.1, 0.15) is 13.2 Å². The number of rotatable bonds is 46. The van der Waals surface area contributed by atoms with Crippen LogP contribution in [-0.2, 0) is 28.6 Å². The summed E-state index contributed by atoms with van der Waals surface area (Å²) < 4.78 is 16.8. The van der Waals surface area contributed by atoms with Crippen molar-refractivity contribution in [2.75, 3.05) is 13.2 Å². The van der Waals surface area contributed by atoms with Gasteiger partial charge in [-0.05, 0) is 96.3 Å². The second-order valence-corrected chi connectivity index (χ2v) is 17.1. The lowest BCUT2D eigenvalue weighted by Gasteiger charge is -2.18. The molecular formula is C54H96O6. The van der Waals surface area contributed by atoms with E-state index >= 15 is 0 Å². The third-order valence-corrected chi connectivity index (χ3v) is 11.0. The Hall–Kier alpha value is -2.63. The number of esters is 3. The van der Waals surface area contributed by atoms with Gasteiger partial charge in [0.15, 0.2) is 6.10 Å². The third kappa shape index (κ3) is 46.4. The van der Waals surface area contributed by atoms with E-state index in [9.17, 15) is 14.4 Å². The fourth-order valence-corrected chi connectivity index (χ4v) is 7.09. The lowest BCUT2D eigenvalue weighted by atomic mass is 10.1. The largest absolute Gasteiger partial charge is 0.462 e. The predicted octanol–water partition coefficient (Wildman–Crippen LogP) is 16.7. The summed E-state index contributed by atoms with van der Waals surface area (Å²) in [6.45, 7) is 6.55. The Bertz CT molecular complexity index is 1060. The molecule has 0 unspecified atom stereocenters. The van der Waals surface area contributed by atoms with E-state index in [2.05, 4.69) is 69.4 Å². The maximum atomic E-state index is 12.8. The summed E-state index contributed by atoms with van der Waals surface area (Å²) in [4.78, 5) is 37.9. The fourth-order valence-electron chi connectivity index (χ4n) is 7.09. The maximum Gasteiger partial charge on any atom is 0.306 e. The molecule has 0 saturated carbocycles. The Morgan fingerprint density at radius 2 is 0.617 bits per heavy atom. The van der Waals surface area contributed by atoms with E-state index in [4.69, 9.17) is 14.2 Å².